The number of carbonyl (C=O) groups is 2. The van der Waals surface area contributed by atoms with Gasteiger partial charge >= 0.3 is 19.8 Å². The molecule has 0 saturated carbocycles. The van der Waals surface area contributed by atoms with Crippen molar-refractivity contribution < 1.29 is 37.9 Å². The first-order valence-electron chi connectivity index (χ1n) is 21.6. The Hall–Kier alpha value is -2.25. The zero-order valence-electron chi connectivity index (χ0n) is 34.4. The summed E-state index contributed by atoms with van der Waals surface area (Å²) in [7, 11) is -4.77. The van der Waals surface area contributed by atoms with Crippen LogP contribution in [0.1, 0.15) is 194 Å². The standard InChI is InChI=1S/C45H79O8P/c1-3-5-7-9-11-13-15-17-19-21-22-24-25-27-29-31-33-35-37-39-44(46)51-41-43(42-52-54(48,49)50)53-45(47)40-38-36-34-32-30-28-26-23-20-18-16-14-12-10-8-6-4-2/h11,13,17-20,22,24,27,29,43H,3-10,12,14-16,21,23,25-26,28,30-42H2,1-2H3,(H2,48,49,50)/b13-11-,19-17-,20-18-,24-22-,29-27-/t43-/m1/s1. The third-order valence-corrected chi connectivity index (χ3v) is 9.49. The van der Waals surface area contributed by atoms with E-state index in [4.69, 9.17) is 19.3 Å². The molecule has 0 radical (unpaired) electrons. The first kappa shape index (κ1) is 51.8. The summed E-state index contributed by atoms with van der Waals surface area (Å²) >= 11 is 0. The number of hydrogen-bond acceptors (Lipinski definition) is 6. The molecular weight excluding hydrogens is 699 g/mol. The van der Waals surface area contributed by atoms with Gasteiger partial charge in [-0.05, 0) is 83.5 Å². The molecule has 0 heterocycles. The Morgan fingerprint density at radius 3 is 1.31 bits per heavy atom. The first-order chi connectivity index (χ1) is 26.3. The summed E-state index contributed by atoms with van der Waals surface area (Å²) in [6.07, 6.45) is 50.8. The molecule has 2 N–H and O–H groups in total. The van der Waals surface area contributed by atoms with Gasteiger partial charge in [0, 0.05) is 12.8 Å². The van der Waals surface area contributed by atoms with E-state index in [-0.39, 0.29) is 19.4 Å². The van der Waals surface area contributed by atoms with E-state index in [1.165, 1.54) is 89.9 Å². The van der Waals surface area contributed by atoms with E-state index in [1.807, 2.05) is 0 Å². The second-order valence-corrected chi connectivity index (χ2v) is 15.5. The molecule has 9 heteroatoms. The summed E-state index contributed by atoms with van der Waals surface area (Å²) < 4.78 is 26.4. The van der Waals surface area contributed by atoms with Gasteiger partial charge in [0.05, 0.1) is 6.61 Å². The van der Waals surface area contributed by atoms with Crippen LogP contribution >= 0.6 is 7.82 Å². The van der Waals surface area contributed by atoms with Crippen molar-refractivity contribution >= 4 is 19.8 Å². The van der Waals surface area contributed by atoms with Crippen molar-refractivity contribution in [2.45, 2.75) is 200 Å². The highest BCUT2D eigenvalue weighted by Crippen LogP contribution is 2.36. The molecule has 0 aliphatic rings. The molecule has 8 nitrogen and oxygen atoms in total. The highest BCUT2D eigenvalue weighted by molar-refractivity contribution is 7.46. The molecule has 0 aliphatic heterocycles. The summed E-state index contributed by atoms with van der Waals surface area (Å²) in [5.74, 6) is -0.927. The van der Waals surface area contributed by atoms with Gasteiger partial charge < -0.3 is 19.3 Å². The zero-order valence-corrected chi connectivity index (χ0v) is 35.2. The molecule has 0 aromatic rings. The molecule has 0 saturated heterocycles. The molecule has 0 aromatic heterocycles. The molecule has 0 bridgehead atoms. The second-order valence-electron chi connectivity index (χ2n) is 14.3. The van der Waals surface area contributed by atoms with Crippen LogP contribution in [0.4, 0.5) is 0 Å². The fourth-order valence-corrected chi connectivity index (χ4v) is 6.12. The maximum atomic E-state index is 12.4. The molecule has 0 unspecified atom stereocenters. The number of hydrogen-bond donors (Lipinski definition) is 2. The van der Waals surface area contributed by atoms with Gasteiger partial charge in [-0.25, -0.2) is 4.57 Å². The number of phosphoric ester groups is 1. The lowest BCUT2D eigenvalue weighted by Gasteiger charge is -2.18. The number of rotatable bonds is 39. The predicted octanol–water partition coefficient (Wildman–Crippen LogP) is 13.3. The summed E-state index contributed by atoms with van der Waals surface area (Å²) in [4.78, 5) is 42.9. The molecule has 54 heavy (non-hydrogen) atoms. The van der Waals surface area contributed by atoms with Gasteiger partial charge in [-0.2, -0.15) is 0 Å². The summed E-state index contributed by atoms with van der Waals surface area (Å²) in [5.41, 5.74) is 0. The Balaban J connectivity index is 3.99. The minimum Gasteiger partial charge on any atom is -0.462 e. The molecule has 0 rings (SSSR count). The number of esters is 2. The average molecular weight is 779 g/mol. The van der Waals surface area contributed by atoms with Gasteiger partial charge in [-0.1, -0.05) is 158 Å². The number of ether oxygens (including phenoxy) is 2. The van der Waals surface area contributed by atoms with Crippen molar-refractivity contribution in [2.24, 2.45) is 0 Å². The monoisotopic (exact) mass is 779 g/mol. The van der Waals surface area contributed by atoms with Gasteiger partial charge in [0.1, 0.15) is 6.61 Å². The summed E-state index contributed by atoms with van der Waals surface area (Å²) in [6, 6.07) is 0. The van der Waals surface area contributed by atoms with Crippen LogP contribution in [0.15, 0.2) is 60.8 Å². The Labute approximate surface area is 330 Å². The number of unbranched alkanes of at least 4 members (excludes halogenated alkanes) is 19. The van der Waals surface area contributed by atoms with E-state index in [1.54, 1.807) is 0 Å². The van der Waals surface area contributed by atoms with Crippen LogP contribution in [0, 0.1) is 0 Å². The second kappa shape index (κ2) is 40.4. The molecular formula is C45H79O8P. The number of allylic oxidation sites excluding steroid dienone is 10. The summed E-state index contributed by atoms with van der Waals surface area (Å²) in [6.45, 7) is 3.62. The minimum absolute atomic E-state index is 0.198. The van der Waals surface area contributed by atoms with Crippen molar-refractivity contribution in [2.75, 3.05) is 13.2 Å². The van der Waals surface area contributed by atoms with Crippen LogP contribution in [-0.4, -0.2) is 41.0 Å². The smallest absolute Gasteiger partial charge is 0.462 e. The predicted molar refractivity (Wildman–Crippen MR) is 225 cm³/mol. The maximum Gasteiger partial charge on any atom is 0.469 e. The van der Waals surface area contributed by atoms with Crippen molar-refractivity contribution in [3.05, 3.63) is 60.8 Å². The lowest BCUT2D eigenvalue weighted by Crippen LogP contribution is -2.29. The van der Waals surface area contributed by atoms with Crippen LogP contribution in [0.2, 0.25) is 0 Å². The van der Waals surface area contributed by atoms with Crippen molar-refractivity contribution in [1.82, 2.24) is 0 Å². The molecule has 0 fully saturated rings. The molecule has 0 aromatic carbocycles. The Bertz CT molecular complexity index is 1060. The third kappa shape index (κ3) is 42.5. The number of phosphoric acid groups is 1. The van der Waals surface area contributed by atoms with Crippen molar-refractivity contribution in [1.29, 1.82) is 0 Å². The topological polar surface area (TPSA) is 119 Å². The minimum atomic E-state index is -4.77. The van der Waals surface area contributed by atoms with Crippen molar-refractivity contribution in [3.63, 3.8) is 0 Å². The molecule has 0 aliphatic carbocycles. The normalized spacial score (nSPS) is 13.0. The fourth-order valence-electron chi connectivity index (χ4n) is 5.76. The third-order valence-electron chi connectivity index (χ3n) is 9.01. The Kier molecular flexibility index (Phi) is 38.7. The first-order valence-corrected chi connectivity index (χ1v) is 23.1. The number of carbonyl (C=O) groups excluding carboxylic acids is 2. The quantitative estimate of drug-likeness (QED) is 0.0274. The lowest BCUT2D eigenvalue weighted by atomic mass is 10.1. The van der Waals surface area contributed by atoms with E-state index < -0.39 is 32.5 Å². The van der Waals surface area contributed by atoms with E-state index in [0.29, 0.717) is 12.8 Å². The Morgan fingerprint density at radius 2 is 0.833 bits per heavy atom. The van der Waals surface area contributed by atoms with E-state index in [0.717, 1.165) is 64.2 Å². The van der Waals surface area contributed by atoms with Crippen LogP contribution in [0.3, 0.4) is 0 Å². The van der Waals surface area contributed by atoms with Gasteiger partial charge in [0.15, 0.2) is 6.10 Å². The Morgan fingerprint density at radius 1 is 0.481 bits per heavy atom. The molecule has 1 atom stereocenters. The highest BCUT2D eigenvalue weighted by Gasteiger charge is 2.22. The van der Waals surface area contributed by atoms with Crippen molar-refractivity contribution in [3.8, 4) is 0 Å². The van der Waals surface area contributed by atoms with Crippen LogP contribution in [0.5, 0.6) is 0 Å². The molecule has 0 amide bonds. The largest absolute Gasteiger partial charge is 0.469 e. The zero-order chi connectivity index (χ0) is 39.6. The summed E-state index contributed by atoms with van der Waals surface area (Å²) in [5, 5.41) is 0. The van der Waals surface area contributed by atoms with Gasteiger partial charge in [-0.3, -0.25) is 14.1 Å². The van der Waals surface area contributed by atoms with E-state index in [2.05, 4.69) is 79.1 Å². The SMILES string of the molecule is CCCCC/C=C\C/C=C\C/C=C\C/C=C\CCCCCC(=O)OC[C@H](COP(=O)(O)O)OC(=O)CCCCCCCCC/C=C\CCCCCCCC. The fraction of sp³-hybridized carbons (Fsp3) is 0.733. The van der Waals surface area contributed by atoms with E-state index in [9.17, 15) is 14.2 Å². The highest BCUT2D eigenvalue weighted by atomic mass is 31.2. The lowest BCUT2D eigenvalue weighted by molar-refractivity contribution is -0.161. The molecule has 312 valence electrons. The average Bonchev–Trinajstić information content (AvgIpc) is 3.14. The van der Waals surface area contributed by atoms with E-state index >= 15 is 0 Å². The van der Waals surface area contributed by atoms with Gasteiger partial charge in [0.2, 0.25) is 0 Å². The van der Waals surface area contributed by atoms with Gasteiger partial charge in [-0.15, -0.1) is 0 Å². The van der Waals surface area contributed by atoms with Crippen LogP contribution in [-0.2, 0) is 28.2 Å². The van der Waals surface area contributed by atoms with Gasteiger partial charge in [0.25, 0.3) is 0 Å². The van der Waals surface area contributed by atoms with Crippen LogP contribution in [0.25, 0.3) is 0 Å². The van der Waals surface area contributed by atoms with Crippen LogP contribution < -0.4 is 0 Å². The molecule has 0 spiro atoms. The maximum absolute atomic E-state index is 12.4.